The van der Waals surface area contributed by atoms with Gasteiger partial charge in [0.1, 0.15) is 0 Å². The molecule has 0 N–H and O–H groups in total. The molecule has 3 rings (SSSR count). The van der Waals surface area contributed by atoms with E-state index in [2.05, 4.69) is 29.8 Å². The number of amides is 1. The lowest BCUT2D eigenvalue weighted by Gasteiger charge is -2.45. The van der Waals surface area contributed by atoms with Gasteiger partial charge in [0.25, 0.3) is 0 Å². The van der Waals surface area contributed by atoms with Crippen LogP contribution in [0.2, 0.25) is 0 Å². The second-order valence-corrected chi connectivity index (χ2v) is 7.10. The maximum absolute atomic E-state index is 12.5. The number of ether oxygens (including phenoxy) is 1. The summed E-state index contributed by atoms with van der Waals surface area (Å²) in [5.74, 6) is 0.305. The molecular formula is C18H30N2O2. The molecule has 1 amide bonds. The maximum atomic E-state index is 12.5. The van der Waals surface area contributed by atoms with E-state index in [1.54, 1.807) is 0 Å². The zero-order valence-electron chi connectivity index (χ0n) is 14.1. The highest BCUT2D eigenvalue weighted by Crippen LogP contribution is 2.41. The van der Waals surface area contributed by atoms with Gasteiger partial charge in [0.15, 0.2) is 0 Å². The summed E-state index contributed by atoms with van der Waals surface area (Å²) in [6.07, 6.45) is 10.1. The van der Waals surface area contributed by atoms with Crippen molar-refractivity contribution in [3.8, 4) is 0 Å². The topological polar surface area (TPSA) is 32.8 Å². The van der Waals surface area contributed by atoms with Crippen molar-refractivity contribution in [2.75, 3.05) is 33.4 Å². The molecule has 4 nitrogen and oxygen atoms in total. The fraction of sp³-hybridized carbons (Fsp3) is 0.833. The van der Waals surface area contributed by atoms with Crippen LogP contribution in [0.3, 0.4) is 0 Å². The molecule has 0 aromatic rings. The third-order valence-electron chi connectivity index (χ3n) is 6.05. The standard InChI is InChI=1S/C18H30N2O2/c1-3-22-14-16-8-9-18(19(16)2)10-12-20(13-11-18)17(21)15-6-4-5-7-15/h6,16H,3-5,7-14H2,1-2H3/t16-/m0/s1. The molecule has 0 unspecified atom stereocenters. The highest BCUT2D eigenvalue weighted by Gasteiger charge is 2.46. The van der Waals surface area contributed by atoms with Crippen molar-refractivity contribution in [3.63, 3.8) is 0 Å². The van der Waals surface area contributed by atoms with Crippen molar-refractivity contribution in [1.29, 1.82) is 0 Å². The lowest BCUT2D eigenvalue weighted by atomic mass is 9.85. The van der Waals surface area contributed by atoms with Crippen molar-refractivity contribution in [3.05, 3.63) is 11.6 Å². The molecule has 2 fully saturated rings. The van der Waals surface area contributed by atoms with Crippen molar-refractivity contribution >= 4 is 5.91 Å². The lowest BCUT2D eigenvalue weighted by molar-refractivity contribution is -0.129. The van der Waals surface area contributed by atoms with Crippen LogP contribution < -0.4 is 0 Å². The minimum absolute atomic E-state index is 0.305. The summed E-state index contributed by atoms with van der Waals surface area (Å²) < 4.78 is 5.64. The Morgan fingerprint density at radius 3 is 2.77 bits per heavy atom. The molecule has 1 atom stereocenters. The number of rotatable bonds is 4. The Kier molecular flexibility index (Phi) is 4.88. The first-order valence-corrected chi connectivity index (χ1v) is 8.95. The minimum Gasteiger partial charge on any atom is -0.380 e. The van der Waals surface area contributed by atoms with Crippen LogP contribution in [-0.2, 0) is 9.53 Å². The van der Waals surface area contributed by atoms with Gasteiger partial charge in [-0.1, -0.05) is 6.08 Å². The highest BCUT2D eigenvalue weighted by molar-refractivity contribution is 5.93. The summed E-state index contributed by atoms with van der Waals surface area (Å²) in [4.78, 5) is 17.2. The molecule has 0 aromatic heterocycles. The number of likely N-dealkylation sites (tertiary alicyclic amines) is 2. The van der Waals surface area contributed by atoms with Crippen LogP contribution in [0.5, 0.6) is 0 Å². The third kappa shape index (κ3) is 2.95. The molecular weight excluding hydrogens is 276 g/mol. The van der Waals surface area contributed by atoms with Crippen LogP contribution in [0.4, 0.5) is 0 Å². The third-order valence-corrected chi connectivity index (χ3v) is 6.05. The molecule has 1 spiro atoms. The summed E-state index contributed by atoms with van der Waals surface area (Å²) in [7, 11) is 2.26. The number of carbonyl (C=O) groups is 1. The molecule has 0 aromatic carbocycles. The average Bonchev–Trinajstić information content (AvgIpc) is 3.17. The smallest absolute Gasteiger partial charge is 0.249 e. The minimum atomic E-state index is 0.305. The average molecular weight is 306 g/mol. The van der Waals surface area contributed by atoms with E-state index < -0.39 is 0 Å². The molecule has 22 heavy (non-hydrogen) atoms. The van der Waals surface area contributed by atoms with Gasteiger partial charge in [0.2, 0.25) is 5.91 Å². The summed E-state index contributed by atoms with van der Waals surface area (Å²) in [5.41, 5.74) is 1.37. The molecule has 2 aliphatic heterocycles. The Hall–Kier alpha value is -0.870. The van der Waals surface area contributed by atoms with Crippen LogP contribution in [0.15, 0.2) is 11.6 Å². The first-order chi connectivity index (χ1) is 10.7. The molecule has 124 valence electrons. The Morgan fingerprint density at radius 1 is 1.36 bits per heavy atom. The number of nitrogens with zero attached hydrogens (tertiary/aromatic N) is 2. The Balaban J connectivity index is 1.56. The predicted molar refractivity (Wildman–Crippen MR) is 87.8 cm³/mol. The van der Waals surface area contributed by atoms with Crippen LogP contribution in [0.25, 0.3) is 0 Å². The monoisotopic (exact) mass is 306 g/mol. The van der Waals surface area contributed by atoms with Crippen LogP contribution >= 0.6 is 0 Å². The second-order valence-electron chi connectivity index (χ2n) is 7.10. The molecule has 2 saturated heterocycles. The number of hydrogen-bond acceptors (Lipinski definition) is 3. The number of carbonyl (C=O) groups excluding carboxylic acids is 1. The van der Waals surface area contributed by atoms with E-state index in [4.69, 9.17) is 4.74 Å². The normalized spacial score (nSPS) is 28.4. The van der Waals surface area contributed by atoms with Crippen molar-refractivity contribution < 1.29 is 9.53 Å². The van der Waals surface area contributed by atoms with E-state index in [1.165, 1.54) is 12.8 Å². The van der Waals surface area contributed by atoms with Gasteiger partial charge in [-0.2, -0.15) is 0 Å². The fourth-order valence-electron chi connectivity index (χ4n) is 4.44. The van der Waals surface area contributed by atoms with Gasteiger partial charge >= 0.3 is 0 Å². The summed E-state index contributed by atoms with van der Waals surface area (Å²) in [5, 5.41) is 0. The molecule has 0 radical (unpaired) electrons. The number of piperidine rings is 1. The lowest BCUT2D eigenvalue weighted by Crippen LogP contribution is -2.54. The highest BCUT2D eigenvalue weighted by atomic mass is 16.5. The van der Waals surface area contributed by atoms with Gasteiger partial charge in [-0.25, -0.2) is 0 Å². The van der Waals surface area contributed by atoms with E-state index in [1.807, 2.05) is 0 Å². The van der Waals surface area contributed by atoms with E-state index in [0.29, 0.717) is 17.5 Å². The largest absolute Gasteiger partial charge is 0.380 e. The van der Waals surface area contributed by atoms with Gasteiger partial charge in [-0.3, -0.25) is 9.69 Å². The van der Waals surface area contributed by atoms with E-state index in [9.17, 15) is 4.79 Å². The summed E-state index contributed by atoms with van der Waals surface area (Å²) >= 11 is 0. The van der Waals surface area contributed by atoms with E-state index in [-0.39, 0.29) is 0 Å². The number of likely N-dealkylation sites (N-methyl/N-ethyl adjacent to an activating group) is 1. The van der Waals surface area contributed by atoms with Crippen molar-refractivity contribution in [2.24, 2.45) is 0 Å². The summed E-state index contributed by atoms with van der Waals surface area (Å²) in [6.45, 7) is 5.55. The van der Waals surface area contributed by atoms with Gasteiger partial charge in [-0.05, 0) is 58.9 Å². The molecule has 0 saturated carbocycles. The van der Waals surface area contributed by atoms with Crippen molar-refractivity contribution in [1.82, 2.24) is 9.80 Å². The molecule has 4 heteroatoms. The van der Waals surface area contributed by atoms with Gasteiger partial charge in [0.05, 0.1) is 6.61 Å². The first-order valence-electron chi connectivity index (χ1n) is 8.95. The number of allylic oxidation sites excluding steroid dienone is 1. The van der Waals surface area contributed by atoms with Crippen LogP contribution in [0.1, 0.15) is 51.9 Å². The molecule has 3 aliphatic rings. The van der Waals surface area contributed by atoms with Gasteiger partial charge in [-0.15, -0.1) is 0 Å². The maximum Gasteiger partial charge on any atom is 0.249 e. The zero-order chi connectivity index (χ0) is 15.6. The summed E-state index contributed by atoms with van der Waals surface area (Å²) in [6, 6.07) is 0.555. The molecule has 1 aliphatic carbocycles. The zero-order valence-corrected chi connectivity index (χ0v) is 14.1. The van der Waals surface area contributed by atoms with Crippen LogP contribution in [0, 0.1) is 0 Å². The van der Waals surface area contributed by atoms with Gasteiger partial charge < -0.3 is 9.64 Å². The number of hydrogen-bond donors (Lipinski definition) is 0. The molecule has 2 heterocycles. The molecule has 0 bridgehead atoms. The Bertz CT molecular complexity index is 438. The second kappa shape index (κ2) is 6.71. The first kappa shape index (κ1) is 16.0. The quantitative estimate of drug-likeness (QED) is 0.800. The fourth-order valence-corrected chi connectivity index (χ4v) is 4.44. The Morgan fingerprint density at radius 2 is 2.14 bits per heavy atom. The van der Waals surface area contributed by atoms with Crippen LogP contribution in [-0.4, -0.2) is 60.6 Å². The van der Waals surface area contributed by atoms with Gasteiger partial charge in [0, 0.05) is 36.9 Å². The Labute approximate surface area is 134 Å². The van der Waals surface area contributed by atoms with E-state index >= 15 is 0 Å². The van der Waals surface area contributed by atoms with Crippen molar-refractivity contribution in [2.45, 2.75) is 63.5 Å². The van der Waals surface area contributed by atoms with E-state index in [0.717, 1.165) is 64.0 Å². The SMILES string of the molecule is CCOC[C@@H]1CCC2(CCN(C(=O)C3=CCCC3)CC2)N1C. The predicted octanol–water partition coefficient (Wildman–Crippen LogP) is 2.59.